The first-order chi connectivity index (χ1) is 15.2. The van der Waals surface area contributed by atoms with Crippen LogP contribution in [0.3, 0.4) is 0 Å². The number of hydrogen-bond acceptors (Lipinski definition) is 4. The van der Waals surface area contributed by atoms with Crippen molar-refractivity contribution in [3.8, 4) is 0 Å². The topological polar surface area (TPSA) is 110 Å². The maximum Gasteiger partial charge on any atom is 0.264 e. The molecule has 0 saturated carbocycles. The zero-order valence-electron chi connectivity index (χ0n) is 16.9. The minimum absolute atomic E-state index is 0.133. The van der Waals surface area contributed by atoms with Gasteiger partial charge in [0.15, 0.2) is 0 Å². The number of nitrogens with two attached hydrogens (primary N) is 1. The summed E-state index contributed by atoms with van der Waals surface area (Å²) < 4.78 is 27.4. The first-order valence-electron chi connectivity index (χ1n) is 9.84. The van der Waals surface area contributed by atoms with Gasteiger partial charge in [-0.2, -0.15) is 0 Å². The van der Waals surface area contributed by atoms with Crippen molar-refractivity contribution in [2.75, 3.05) is 16.2 Å². The van der Waals surface area contributed by atoms with Crippen molar-refractivity contribution in [1.29, 1.82) is 0 Å². The lowest BCUT2D eigenvalue weighted by molar-refractivity contribution is -0.117. The molecule has 0 radical (unpaired) electrons. The van der Waals surface area contributed by atoms with Crippen molar-refractivity contribution in [2.24, 2.45) is 5.73 Å². The molecule has 9 heteroatoms. The van der Waals surface area contributed by atoms with E-state index in [2.05, 4.69) is 5.32 Å². The van der Waals surface area contributed by atoms with Crippen molar-refractivity contribution < 1.29 is 18.0 Å². The molecule has 0 aliphatic carbocycles. The lowest BCUT2D eigenvalue weighted by atomic mass is 10.1. The minimum Gasteiger partial charge on any atom is -0.369 e. The van der Waals surface area contributed by atoms with E-state index in [4.69, 9.17) is 17.3 Å². The number of rotatable bonds is 6. The molecule has 4 rings (SSSR count). The van der Waals surface area contributed by atoms with Gasteiger partial charge in [-0.05, 0) is 72.1 Å². The maximum absolute atomic E-state index is 13.0. The first kappa shape index (κ1) is 21.9. The normalized spacial score (nSPS) is 13.0. The summed E-state index contributed by atoms with van der Waals surface area (Å²) in [6.45, 7) is 0.298. The van der Waals surface area contributed by atoms with E-state index >= 15 is 0 Å². The SMILES string of the molecule is NC(=O)Cc1ccc(NC(=O)c2ccc3c(c2)CCN3S(=O)(=O)c2ccc(Cl)cc2)cc1. The summed E-state index contributed by atoms with van der Waals surface area (Å²) in [6, 6.07) is 17.9. The Morgan fingerprint density at radius 3 is 2.34 bits per heavy atom. The zero-order chi connectivity index (χ0) is 22.9. The molecule has 164 valence electrons. The molecule has 3 aromatic rings. The number of anilines is 2. The fourth-order valence-electron chi connectivity index (χ4n) is 3.61. The number of carbonyl (C=O) groups is 2. The van der Waals surface area contributed by atoms with E-state index in [-0.39, 0.29) is 17.2 Å². The molecule has 0 fully saturated rings. The third-order valence-electron chi connectivity index (χ3n) is 5.19. The Balaban J connectivity index is 1.51. The van der Waals surface area contributed by atoms with E-state index in [1.54, 1.807) is 54.6 Å². The van der Waals surface area contributed by atoms with E-state index in [0.717, 1.165) is 11.1 Å². The third kappa shape index (κ3) is 4.46. The summed E-state index contributed by atoms with van der Waals surface area (Å²) >= 11 is 5.87. The molecule has 0 unspecified atom stereocenters. The molecule has 0 bridgehead atoms. The van der Waals surface area contributed by atoms with Crippen molar-refractivity contribution >= 4 is 44.8 Å². The highest BCUT2D eigenvalue weighted by Gasteiger charge is 2.31. The highest BCUT2D eigenvalue weighted by atomic mass is 35.5. The van der Waals surface area contributed by atoms with Crippen LogP contribution in [0.15, 0.2) is 71.6 Å². The van der Waals surface area contributed by atoms with Gasteiger partial charge in [0.1, 0.15) is 0 Å². The van der Waals surface area contributed by atoms with E-state index in [0.29, 0.717) is 34.9 Å². The number of sulfonamides is 1. The van der Waals surface area contributed by atoms with Gasteiger partial charge in [-0.3, -0.25) is 13.9 Å². The maximum atomic E-state index is 13.0. The number of halogens is 1. The van der Waals surface area contributed by atoms with Crippen LogP contribution in [0.2, 0.25) is 5.02 Å². The number of primary amides is 1. The van der Waals surface area contributed by atoms with Crippen LogP contribution in [0, 0.1) is 0 Å². The predicted octanol–water partition coefficient (Wildman–Crippen LogP) is 3.37. The average molecular weight is 470 g/mol. The van der Waals surface area contributed by atoms with Crippen LogP contribution in [-0.4, -0.2) is 26.8 Å². The van der Waals surface area contributed by atoms with Crippen LogP contribution in [0.25, 0.3) is 0 Å². The quantitative estimate of drug-likeness (QED) is 0.576. The van der Waals surface area contributed by atoms with Crippen molar-refractivity contribution in [3.05, 3.63) is 88.4 Å². The molecule has 3 aromatic carbocycles. The van der Waals surface area contributed by atoms with Gasteiger partial charge >= 0.3 is 0 Å². The van der Waals surface area contributed by atoms with Crippen molar-refractivity contribution in [1.82, 2.24) is 0 Å². The summed E-state index contributed by atoms with van der Waals surface area (Å²) in [4.78, 5) is 23.8. The predicted molar refractivity (Wildman–Crippen MR) is 123 cm³/mol. The summed E-state index contributed by atoms with van der Waals surface area (Å²) in [7, 11) is -3.72. The van der Waals surface area contributed by atoms with Crippen LogP contribution in [0.1, 0.15) is 21.5 Å². The number of benzene rings is 3. The van der Waals surface area contributed by atoms with E-state index < -0.39 is 15.9 Å². The van der Waals surface area contributed by atoms with Gasteiger partial charge in [-0.25, -0.2) is 8.42 Å². The molecule has 32 heavy (non-hydrogen) atoms. The summed E-state index contributed by atoms with van der Waals surface area (Å²) in [6.07, 6.45) is 0.638. The smallest absolute Gasteiger partial charge is 0.264 e. The molecule has 0 saturated heterocycles. The van der Waals surface area contributed by atoms with Crippen LogP contribution in [0.5, 0.6) is 0 Å². The molecule has 7 nitrogen and oxygen atoms in total. The van der Waals surface area contributed by atoms with Crippen molar-refractivity contribution in [3.63, 3.8) is 0 Å². The van der Waals surface area contributed by atoms with Crippen LogP contribution >= 0.6 is 11.6 Å². The Kier molecular flexibility index (Phi) is 5.90. The van der Waals surface area contributed by atoms with E-state index in [9.17, 15) is 18.0 Å². The Morgan fingerprint density at radius 1 is 1.00 bits per heavy atom. The van der Waals surface area contributed by atoms with Gasteiger partial charge in [0.2, 0.25) is 5.91 Å². The molecule has 0 aromatic heterocycles. The van der Waals surface area contributed by atoms with E-state index in [1.165, 1.54) is 16.4 Å². The number of nitrogens with zero attached hydrogens (tertiary/aromatic N) is 1. The lowest BCUT2D eigenvalue weighted by Gasteiger charge is -2.19. The number of hydrogen-bond donors (Lipinski definition) is 2. The molecule has 1 aliphatic heterocycles. The van der Waals surface area contributed by atoms with Gasteiger partial charge in [0.25, 0.3) is 15.9 Å². The Hall–Kier alpha value is -3.36. The average Bonchev–Trinajstić information content (AvgIpc) is 3.19. The first-order valence-corrected chi connectivity index (χ1v) is 11.7. The third-order valence-corrected chi connectivity index (χ3v) is 7.27. The summed E-state index contributed by atoms with van der Waals surface area (Å²) in [5.74, 6) is -0.735. The Labute approximate surface area is 190 Å². The lowest BCUT2D eigenvalue weighted by Crippen LogP contribution is -2.29. The van der Waals surface area contributed by atoms with Gasteiger partial charge in [0, 0.05) is 22.8 Å². The largest absolute Gasteiger partial charge is 0.369 e. The second kappa shape index (κ2) is 8.64. The zero-order valence-corrected chi connectivity index (χ0v) is 18.5. The standard InChI is InChI=1S/C23H20ClN3O4S/c24-18-4-8-20(9-5-18)32(30,31)27-12-11-16-14-17(3-10-21(16)27)23(29)26-19-6-1-15(2-7-19)13-22(25)28/h1-10,14H,11-13H2,(H2,25,28)(H,26,29). The molecule has 2 amide bonds. The molecule has 0 spiro atoms. The van der Waals surface area contributed by atoms with Crippen LogP contribution < -0.4 is 15.4 Å². The number of carbonyl (C=O) groups excluding carboxylic acids is 2. The number of amides is 2. The molecular weight excluding hydrogens is 450 g/mol. The Morgan fingerprint density at radius 2 is 1.69 bits per heavy atom. The van der Waals surface area contributed by atoms with Gasteiger partial charge in [-0.15, -0.1) is 0 Å². The van der Waals surface area contributed by atoms with Crippen molar-refractivity contribution in [2.45, 2.75) is 17.7 Å². The van der Waals surface area contributed by atoms with E-state index in [1.807, 2.05) is 0 Å². The van der Waals surface area contributed by atoms with Crippen LogP contribution in [0.4, 0.5) is 11.4 Å². The molecule has 1 aliphatic rings. The fourth-order valence-corrected chi connectivity index (χ4v) is 5.24. The molecule has 0 atom stereocenters. The summed E-state index contributed by atoms with van der Waals surface area (Å²) in [5.41, 5.74) is 8.30. The Bertz CT molecular complexity index is 1290. The number of nitrogens with one attached hydrogen (secondary N) is 1. The second-order valence-electron chi connectivity index (χ2n) is 7.42. The highest BCUT2D eigenvalue weighted by molar-refractivity contribution is 7.92. The molecular formula is C23H20ClN3O4S. The molecule has 1 heterocycles. The monoisotopic (exact) mass is 469 g/mol. The van der Waals surface area contributed by atoms with Gasteiger partial charge < -0.3 is 11.1 Å². The summed E-state index contributed by atoms with van der Waals surface area (Å²) in [5, 5.41) is 3.27. The van der Waals surface area contributed by atoms with Gasteiger partial charge in [-0.1, -0.05) is 23.7 Å². The highest BCUT2D eigenvalue weighted by Crippen LogP contribution is 2.34. The number of fused-ring (bicyclic) bond motifs is 1. The fraction of sp³-hybridized carbons (Fsp3) is 0.130. The van der Waals surface area contributed by atoms with Crippen LogP contribution in [-0.2, 0) is 27.7 Å². The van der Waals surface area contributed by atoms with Gasteiger partial charge in [0.05, 0.1) is 17.0 Å². The second-order valence-corrected chi connectivity index (χ2v) is 9.72. The molecule has 3 N–H and O–H groups in total. The minimum atomic E-state index is -3.72.